The van der Waals surface area contributed by atoms with Crippen LogP contribution in [-0.4, -0.2) is 47.6 Å². The Hall–Kier alpha value is -1.40. The summed E-state index contributed by atoms with van der Waals surface area (Å²) in [6, 6.07) is 0. The minimum absolute atomic E-state index is 0.0200. The molecule has 2 rings (SSSR count). The van der Waals surface area contributed by atoms with Crippen LogP contribution in [0.3, 0.4) is 0 Å². The Balaban J connectivity index is 0.000000300. The van der Waals surface area contributed by atoms with E-state index in [2.05, 4.69) is 34.6 Å². The van der Waals surface area contributed by atoms with Gasteiger partial charge in [-0.3, -0.25) is 9.59 Å². The second-order valence-corrected chi connectivity index (χ2v) is 9.82. The quantitative estimate of drug-likeness (QED) is 0.494. The van der Waals surface area contributed by atoms with Gasteiger partial charge >= 0.3 is 11.9 Å². The van der Waals surface area contributed by atoms with Crippen LogP contribution in [0.15, 0.2) is 11.6 Å². The summed E-state index contributed by atoms with van der Waals surface area (Å²) in [6.45, 7) is 16.9. The summed E-state index contributed by atoms with van der Waals surface area (Å²) in [5.74, 6) is 0.0106. The van der Waals surface area contributed by atoms with Crippen LogP contribution in [0.25, 0.3) is 0 Å². The van der Waals surface area contributed by atoms with Crippen LogP contribution in [0.4, 0.5) is 0 Å². The Bertz CT molecular complexity index is 603. The van der Waals surface area contributed by atoms with E-state index >= 15 is 0 Å². The van der Waals surface area contributed by atoms with Crippen LogP contribution >= 0.6 is 0 Å². The van der Waals surface area contributed by atoms with Gasteiger partial charge in [-0.1, -0.05) is 46.3 Å². The molecule has 0 spiro atoms. The third kappa shape index (κ3) is 6.30. The highest BCUT2D eigenvalue weighted by Gasteiger charge is 2.47. The molecule has 0 bridgehead atoms. The van der Waals surface area contributed by atoms with E-state index < -0.39 is 6.10 Å². The van der Waals surface area contributed by atoms with Crippen molar-refractivity contribution in [3.8, 4) is 0 Å². The Morgan fingerprint density at radius 2 is 1.47 bits per heavy atom. The first-order valence-electron chi connectivity index (χ1n) is 11.1. The van der Waals surface area contributed by atoms with E-state index in [1.807, 2.05) is 13.0 Å². The Morgan fingerprint density at radius 1 is 1.00 bits per heavy atom. The molecule has 30 heavy (non-hydrogen) atoms. The number of aliphatic hydroxyl groups is 2. The first-order valence-corrected chi connectivity index (χ1v) is 11.1. The van der Waals surface area contributed by atoms with Crippen molar-refractivity contribution in [2.45, 2.75) is 86.9 Å². The highest BCUT2D eigenvalue weighted by atomic mass is 16.5. The Kier molecular flexibility index (Phi) is 9.55. The van der Waals surface area contributed by atoms with E-state index in [-0.39, 0.29) is 47.1 Å². The monoisotopic (exact) mass is 426 g/mol. The largest absolute Gasteiger partial charge is 0.466 e. The average Bonchev–Trinajstić information content (AvgIpc) is 2.93. The lowest BCUT2D eigenvalue weighted by atomic mass is 9.74. The van der Waals surface area contributed by atoms with Crippen molar-refractivity contribution in [3.05, 3.63) is 11.6 Å². The first-order chi connectivity index (χ1) is 13.8. The maximum Gasteiger partial charge on any atom is 0.306 e. The topological polar surface area (TPSA) is 93.1 Å². The smallest absolute Gasteiger partial charge is 0.306 e. The van der Waals surface area contributed by atoms with Crippen molar-refractivity contribution in [2.24, 2.45) is 28.6 Å². The second-order valence-electron chi connectivity index (χ2n) is 9.82. The Morgan fingerprint density at radius 3 is 1.80 bits per heavy atom. The predicted molar refractivity (Wildman–Crippen MR) is 117 cm³/mol. The van der Waals surface area contributed by atoms with Gasteiger partial charge in [0.1, 0.15) is 0 Å². The molecule has 2 N–H and O–H groups in total. The lowest BCUT2D eigenvalue weighted by molar-refractivity contribution is -0.147. The maximum atomic E-state index is 11.4. The van der Waals surface area contributed by atoms with E-state index in [4.69, 9.17) is 9.47 Å². The van der Waals surface area contributed by atoms with Crippen molar-refractivity contribution in [1.29, 1.82) is 0 Å². The summed E-state index contributed by atoms with van der Waals surface area (Å²) in [5.41, 5.74) is 1.04. The van der Waals surface area contributed by atoms with Gasteiger partial charge in [-0.05, 0) is 43.9 Å². The molecule has 0 aromatic rings. The number of hydrogen-bond acceptors (Lipinski definition) is 6. The average molecular weight is 427 g/mol. The zero-order chi connectivity index (χ0) is 23.3. The zero-order valence-corrected chi connectivity index (χ0v) is 20.0. The third-order valence-electron chi connectivity index (χ3n) is 7.45. The van der Waals surface area contributed by atoms with Gasteiger partial charge in [0, 0.05) is 11.8 Å². The molecule has 0 heterocycles. The molecule has 0 amide bonds. The van der Waals surface area contributed by atoms with Gasteiger partial charge in [0.15, 0.2) is 0 Å². The molecule has 1 fully saturated rings. The molecule has 0 radical (unpaired) electrons. The number of hydrogen-bond donors (Lipinski definition) is 2. The molecule has 2 aliphatic carbocycles. The van der Waals surface area contributed by atoms with Gasteiger partial charge in [0.2, 0.25) is 0 Å². The molecule has 5 atom stereocenters. The van der Waals surface area contributed by atoms with Crippen LogP contribution in [0.5, 0.6) is 0 Å². The number of ether oxygens (including phenoxy) is 2. The number of carbonyl (C=O) groups is 2. The number of allylic oxidation sites excluding steroid dienone is 1. The molecule has 0 aliphatic heterocycles. The summed E-state index contributed by atoms with van der Waals surface area (Å²) < 4.78 is 9.84. The van der Waals surface area contributed by atoms with Gasteiger partial charge in [0.05, 0.1) is 38.3 Å². The molecule has 2 aliphatic rings. The normalized spacial score (nSPS) is 31.4. The lowest BCUT2D eigenvalue weighted by Crippen LogP contribution is -2.30. The fourth-order valence-corrected chi connectivity index (χ4v) is 4.57. The van der Waals surface area contributed by atoms with Crippen molar-refractivity contribution in [3.63, 3.8) is 0 Å². The highest BCUT2D eigenvalue weighted by Crippen LogP contribution is 2.48. The summed E-state index contributed by atoms with van der Waals surface area (Å²) in [5, 5.41) is 19.7. The summed E-state index contributed by atoms with van der Waals surface area (Å²) >= 11 is 0. The lowest BCUT2D eigenvalue weighted by Gasteiger charge is -2.31. The van der Waals surface area contributed by atoms with E-state index in [0.717, 1.165) is 12.0 Å². The molecular formula is C24H42O6. The van der Waals surface area contributed by atoms with E-state index in [1.165, 1.54) is 0 Å². The van der Waals surface area contributed by atoms with Crippen LogP contribution in [-0.2, 0) is 19.1 Å². The van der Waals surface area contributed by atoms with Gasteiger partial charge < -0.3 is 19.7 Å². The summed E-state index contributed by atoms with van der Waals surface area (Å²) in [4.78, 5) is 22.8. The van der Waals surface area contributed by atoms with E-state index in [1.54, 1.807) is 13.8 Å². The van der Waals surface area contributed by atoms with Crippen LogP contribution in [0.2, 0.25) is 0 Å². The highest BCUT2D eigenvalue weighted by molar-refractivity contribution is 5.70. The summed E-state index contributed by atoms with van der Waals surface area (Å²) in [6.07, 6.45) is 2.37. The van der Waals surface area contributed by atoms with Crippen LogP contribution < -0.4 is 0 Å². The standard InChI is InChI=1S/C12H22O3.C12H20O3/c2*1-5-15-11(14)7-9-10(13)6-8(2)12(9,3)4/h8-10,13H,5-7H2,1-4H3;6,9-10,13H,5,7H2,1-4H3. The van der Waals surface area contributed by atoms with Crippen molar-refractivity contribution in [2.75, 3.05) is 13.2 Å². The third-order valence-corrected chi connectivity index (χ3v) is 7.45. The van der Waals surface area contributed by atoms with Crippen molar-refractivity contribution in [1.82, 2.24) is 0 Å². The molecule has 5 unspecified atom stereocenters. The molecular weight excluding hydrogens is 384 g/mol. The molecule has 0 saturated heterocycles. The van der Waals surface area contributed by atoms with E-state index in [0.29, 0.717) is 25.6 Å². The summed E-state index contributed by atoms with van der Waals surface area (Å²) in [7, 11) is 0. The van der Waals surface area contributed by atoms with Crippen LogP contribution in [0, 0.1) is 28.6 Å². The zero-order valence-electron chi connectivity index (χ0n) is 20.0. The fourth-order valence-electron chi connectivity index (χ4n) is 4.57. The first kappa shape index (κ1) is 26.6. The molecule has 1 saturated carbocycles. The van der Waals surface area contributed by atoms with Crippen LogP contribution in [0.1, 0.15) is 74.7 Å². The molecule has 174 valence electrons. The number of carbonyl (C=O) groups excluding carboxylic acids is 2. The van der Waals surface area contributed by atoms with Crippen molar-refractivity contribution >= 4 is 11.9 Å². The number of aliphatic hydroxyl groups excluding tert-OH is 2. The van der Waals surface area contributed by atoms with Gasteiger partial charge in [-0.15, -0.1) is 0 Å². The second kappa shape index (κ2) is 10.8. The fraction of sp³-hybridized carbons (Fsp3) is 0.833. The number of rotatable bonds is 6. The predicted octanol–water partition coefficient (Wildman–Crippen LogP) is 3.89. The molecule has 0 aromatic carbocycles. The SMILES string of the molecule is CCOC(=O)CC1C(O)C=C(C)C1(C)C.CCOC(=O)CC1C(O)CC(C)C1(C)C. The van der Waals surface area contributed by atoms with Gasteiger partial charge in [-0.2, -0.15) is 0 Å². The number of esters is 2. The van der Waals surface area contributed by atoms with E-state index in [9.17, 15) is 19.8 Å². The molecule has 0 aromatic heterocycles. The minimum atomic E-state index is -0.524. The van der Waals surface area contributed by atoms with Gasteiger partial charge in [0.25, 0.3) is 0 Å². The minimum Gasteiger partial charge on any atom is -0.466 e. The van der Waals surface area contributed by atoms with Crippen molar-refractivity contribution < 1.29 is 29.3 Å². The molecule has 6 heteroatoms. The maximum absolute atomic E-state index is 11.4. The Labute approximate surface area is 182 Å². The van der Waals surface area contributed by atoms with Gasteiger partial charge in [-0.25, -0.2) is 0 Å². The molecule has 6 nitrogen and oxygen atoms in total.